The second-order valence-corrected chi connectivity index (χ2v) is 12.7. The molecule has 4 amide bonds. The molecule has 12 nitrogen and oxygen atoms in total. The van der Waals surface area contributed by atoms with Gasteiger partial charge in [-0.2, -0.15) is 5.10 Å². The van der Waals surface area contributed by atoms with Crippen LogP contribution in [0, 0.1) is 5.41 Å². The lowest BCUT2D eigenvalue weighted by Gasteiger charge is -2.36. The summed E-state index contributed by atoms with van der Waals surface area (Å²) in [7, 11) is 0. The zero-order chi connectivity index (χ0) is 30.5. The Morgan fingerprint density at radius 2 is 1.81 bits per heavy atom. The molecule has 224 valence electrons. The van der Waals surface area contributed by atoms with Gasteiger partial charge in [0.05, 0.1) is 5.52 Å². The number of nitrogens with one attached hydrogen (secondary N) is 2. The molecule has 0 aliphatic carbocycles. The maximum absolute atomic E-state index is 13.9. The molecule has 1 saturated heterocycles. The van der Waals surface area contributed by atoms with Crippen LogP contribution in [-0.4, -0.2) is 80.9 Å². The average molecular weight is 586 g/mol. The molecule has 0 radical (unpaired) electrons. The maximum atomic E-state index is 13.9. The molecule has 3 aliphatic heterocycles. The van der Waals surface area contributed by atoms with Crippen LogP contribution in [0.25, 0.3) is 10.9 Å². The Morgan fingerprint density at radius 3 is 2.49 bits per heavy atom. The van der Waals surface area contributed by atoms with E-state index >= 15 is 0 Å². The number of aromatic amines is 1. The number of nitrogens with zero attached hydrogens (tertiary/aromatic N) is 4. The summed E-state index contributed by atoms with van der Waals surface area (Å²) in [5.74, 6) is -0.611. The normalized spacial score (nSPS) is 20.1. The summed E-state index contributed by atoms with van der Waals surface area (Å²) in [5.41, 5.74) is 7.56. The highest BCUT2D eigenvalue weighted by atomic mass is 16.6. The third-order valence-electron chi connectivity index (χ3n) is 8.29. The molecule has 0 bridgehead atoms. The van der Waals surface area contributed by atoms with E-state index in [1.54, 1.807) is 11.0 Å². The number of aromatic nitrogens is 2. The number of ether oxygens (including phenoxy) is 1. The first-order valence-corrected chi connectivity index (χ1v) is 14.4. The van der Waals surface area contributed by atoms with Crippen LogP contribution in [0.5, 0.6) is 0 Å². The van der Waals surface area contributed by atoms with Crippen molar-refractivity contribution in [1.29, 1.82) is 0 Å². The number of hydrogen-bond donors (Lipinski definition) is 3. The van der Waals surface area contributed by atoms with Gasteiger partial charge in [-0.05, 0) is 35.4 Å². The van der Waals surface area contributed by atoms with Crippen LogP contribution in [-0.2, 0) is 27.3 Å². The Morgan fingerprint density at radius 1 is 1.09 bits per heavy atom. The highest BCUT2D eigenvalue weighted by molar-refractivity contribution is 6.15. The Hall–Kier alpha value is -4.74. The summed E-state index contributed by atoms with van der Waals surface area (Å²) in [6, 6.07) is 13.1. The number of likely N-dealkylation sites (tertiary alicyclic amines) is 1. The average Bonchev–Trinajstić information content (AvgIpc) is 3.51. The zero-order valence-corrected chi connectivity index (χ0v) is 24.5. The lowest BCUT2D eigenvalue weighted by Crippen LogP contribution is -2.52. The quantitative estimate of drug-likeness (QED) is 0.426. The van der Waals surface area contributed by atoms with Crippen molar-refractivity contribution < 1.29 is 23.9 Å². The molecule has 2 aromatic carbocycles. The first-order valence-electron chi connectivity index (χ1n) is 14.4. The van der Waals surface area contributed by atoms with E-state index < -0.39 is 23.6 Å². The van der Waals surface area contributed by atoms with Crippen molar-refractivity contribution in [1.82, 2.24) is 25.3 Å². The topological polar surface area (TPSA) is 163 Å². The Labute approximate surface area is 248 Å². The summed E-state index contributed by atoms with van der Waals surface area (Å²) < 4.78 is 5.91. The van der Waals surface area contributed by atoms with Gasteiger partial charge in [0.25, 0.3) is 17.7 Å². The summed E-state index contributed by atoms with van der Waals surface area (Å²) in [6.45, 7) is 7.22. The summed E-state index contributed by atoms with van der Waals surface area (Å²) in [4.78, 5) is 60.4. The summed E-state index contributed by atoms with van der Waals surface area (Å²) >= 11 is 0. The minimum Gasteiger partial charge on any atom is -0.436 e. The van der Waals surface area contributed by atoms with E-state index in [1.807, 2.05) is 57.2 Å². The van der Waals surface area contributed by atoms with Crippen molar-refractivity contribution in [3.63, 3.8) is 0 Å². The summed E-state index contributed by atoms with van der Waals surface area (Å²) in [6.07, 6.45) is -0.844. The number of amides is 4. The number of piperidine rings is 1. The first kappa shape index (κ1) is 28.4. The molecular formula is C31H35N7O5. The van der Waals surface area contributed by atoms with E-state index in [0.29, 0.717) is 36.1 Å². The minimum atomic E-state index is -1.06. The predicted octanol–water partition coefficient (Wildman–Crippen LogP) is 2.51. The van der Waals surface area contributed by atoms with Crippen molar-refractivity contribution in [2.24, 2.45) is 16.1 Å². The smallest absolute Gasteiger partial charge is 0.410 e. The fourth-order valence-corrected chi connectivity index (χ4v) is 6.18. The van der Waals surface area contributed by atoms with Crippen molar-refractivity contribution in [3.8, 4) is 0 Å². The van der Waals surface area contributed by atoms with Crippen LogP contribution in [0.1, 0.15) is 60.8 Å². The SMILES string of the molecule is CC(C)(C)CN1Cc2c(ccc3[nH]nc(C(N)=O)c23)CC(OC(=O)N2CCC3(CC2)N=C(c2ccccc2)NC3=O)C1=O. The van der Waals surface area contributed by atoms with E-state index in [0.717, 1.165) is 16.7 Å². The largest absolute Gasteiger partial charge is 0.436 e. The number of rotatable bonds is 4. The second-order valence-electron chi connectivity index (χ2n) is 12.7. The van der Waals surface area contributed by atoms with E-state index in [9.17, 15) is 19.2 Å². The lowest BCUT2D eigenvalue weighted by atomic mass is 9.88. The van der Waals surface area contributed by atoms with Gasteiger partial charge in [0.2, 0.25) is 0 Å². The molecule has 1 aromatic heterocycles. The van der Waals surface area contributed by atoms with Gasteiger partial charge in [0.15, 0.2) is 11.8 Å². The Bertz CT molecular complexity index is 1650. The van der Waals surface area contributed by atoms with E-state index in [1.165, 1.54) is 4.90 Å². The molecule has 4 heterocycles. The van der Waals surface area contributed by atoms with E-state index in [-0.39, 0.29) is 49.0 Å². The molecule has 6 rings (SSSR count). The predicted molar refractivity (Wildman–Crippen MR) is 158 cm³/mol. The molecule has 1 fully saturated rings. The molecular weight excluding hydrogens is 550 g/mol. The molecule has 1 unspecified atom stereocenters. The highest BCUT2D eigenvalue weighted by Crippen LogP contribution is 2.33. The standard InChI is InChI=1S/C31H35N7O5/c1-30(2,3)17-38-16-20-19(9-10-21-23(20)24(25(32)39)36-35-21)15-22(27(38)40)43-29(42)37-13-11-31(12-14-37)28(41)33-26(34-31)18-7-5-4-6-8-18/h4-10,22H,11-17H2,1-3H3,(H2,32,39)(H,35,36)(H,33,34,41). The third kappa shape index (κ3) is 5.33. The number of nitrogens with two attached hydrogens (primary N) is 1. The fourth-order valence-electron chi connectivity index (χ4n) is 6.18. The van der Waals surface area contributed by atoms with Crippen molar-refractivity contribution >= 4 is 40.6 Å². The molecule has 3 aliphatic rings. The molecule has 43 heavy (non-hydrogen) atoms. The number of fused-ring (bicyclic) bond motifs is 3. The monoisotopic (exact) mass is 585 g/mol. The van der Waals surface area contributed by atoms with Crippen LogP contribution in [0.4, 0.5) is 4.79 Å². The van der Waals surface area contributed by atoms with Gasteiger partial charge in [-0.1, -0.05) is 57.2 Å². The van der Waals surface area contributed by atoms with Crippen molar-refractivity contribution in [3.05, 3.63) is 64.8 Å². The third-order valence-corrected chi connectivity index (χ3v) is 8.29. The Kier molecular flexibility index (Phi) is 6.94. The van der Waals surface area contributed by atoms with Gasteiger partial charge in [0.1, 0.15) is 11.4 Å². The van der Waals surface area contributed by atoms with Gasteiger partial charge in [0, 0.05) is 43.5 Å². The van der Waals surface area contributed by atoms with E-state index in [4.69, 9.17) is 15.5 Å². The number of carbonyl (C=O) groups is 4. The van der Waals surface area contributed by atoms with Crippen LogP contribution in [0.15, 0.2) is 47.5 Å². The molecule has 4 N–H and O–H groups in total. The number of H-pyrrole nitrogens is 1. The number of aliphatic imine (C=N–C) groups is 1. The van der Waals surface area contributed by atoms with Crippen LogP contribution < -0.4 is 11.1 Å². The highest BCUT2D eigenvalue weighted by Gasteiger charge is 2.47. The number of primary amides is 1. The van der Waals surface area contributed by atoms with Crippen LogP contribution in [0.2, 0.25) is 0 Å². The molecule has 1 atom stereocenters. The van der Waals surface area contributed by atoms with Gasteiger partial charge >= 0.3 is 6.09 Å². The van der Waals surface area contributed by atoms with Crippen molar-refractivity contribution in [2.75, 3.05) is 19.6 Å². The number of hydrogen-bond acceptors (Lipinski definition) is 7. The fraction of sp³-hybridized carbons (Fsp3) is 0.419. The van der Waals surface area contributed by atoms with Crippen LogP contribution in [0.3, 0.4) is 0 Å². The van der Waals surface area contributed by atoms with Gasteiger partial charge in [-0.3, -0.25) is 24.5 Å². The Balaban J connectivity index is 1.22. The zero-order valence-electron chi connectivity index (χ0n) is 24.5. The van der Waals surface area contributed by atoms with E-state index in [2.05, 4.69) is 15.5 Å². The second kappa shape index (κ2) is 10.5. The molecule has 3 aromatic rings. The van der Waals surface area contributed by atoms with Crippen LogP contribution >= 0.6 is 0 Å². The minimum absolute atomic E-state index is 0.113. The number of carbonyl (C=O) groups excluding carboxylic acids is 4. The number of amidine groups is 1. The van der Waals surface area contributed by atoms with Gasteiger partial charge in [-0.15, -0.1) is 0 Å². The number of benzene rings is 2. The van der Waals surface area contributed by atoms with Crippen molar-refractivity contribution in [2.45, 2.75) is 58.2 Å². The first-order chi connectivity index (χ1) is 20.4. The molecule has 1 spiro atoms. The molecule has 0 saturated carbocycles. The maximum Gasteiger partial charge on any atom is 0.410 e. The van der Waals surface area contributed by atoms with Gasteiger partial charge < -0.3 is 25.6 Å². The molecule has 12 heteroatoms. The lowest BCUT2D eigenvalue weighted by molar-refractivity contribution is -0.142. The summed E-state index contributed by atoms with van der Waals surface area (Å²) in [5, 5.41) is 10.4. The van der Waals surface area contributed by atoms with Gasteiger partial charge in [-0.25, -0.2) is 4.79 Å².